The van der Waals surface area contributed by atoms with E-state index in [2.05, 4.69) is 10.6 Å². The predicted molar refractivity (Wildman–Crippen MR) is 134 cm³/mol. The minimum absolute atomic E-state index is 0.175. The molecule has 0 unspecified atom stereocenters. The van der Waals surface area contributed by atoms with Gasteiger partial charge in [-0.25, -0.2) is 4.98 Å². The number of nitrogens with zero attached hydrogens (tertiary/aromatic N) is 1. The minimum Gasteiger partial charge on any atom is -0.493 e. The van der Waals surface area contributed by atoms with Crippen LogP contribution in [0.15, 0.2) is 66.7 Å². The van der Waals surface area contributed by atoms with Crippen LogP contribution in [0.4, 0.5) is 11.4 Å². The zero-order valence-electron chi connectivity index (χ0n) is 19.4. The van der Waals surface area contributed by atoms with Gasteiger partial charge in [-0.3, -0.25) is 9.59 Å². The molecule has 0 spiro atoms. The molecular formula is C27H25N3O4. The summed E-state index contributed by atoms with van der Waals surface area (Å²) in [6.07, 6.45) is 0. The predicted octanol–water partition coefficient (Wildman–Crippen LogP) is 5.44. The molecule has 172 valence electrons. The third-order valence-corrected chi connectivity index (χ3v) is 5.45. The maximum absolute atomic E-state index is 13.4. The molecule has 0 saturated carbocycles. The Bertz CT molecular complexity index is 1400. The van der Waals surface area contributed by atoms with Crippen LogP contribution in [0, 0.1) is 6.92 Å². The lowest BCUT2D eigenvalue weighted by molar-refractivity contribution is -0.114. The minimum atomic E-state index is -0.280. The van der Waals surface area contributed by atoms with E-state index in [0.717, 1.165) is 16.5 Å². The molecule has 4 aromatic rings. The number of fused-ring (bicyclic) bond motifs is 1. The summed E-state index contributed by atoms with van der Waals surface area (Å²) in [5.74, 6) is 0.731. The zero-order chi connectivity index (χ0) is 24.2. The van der Waals surface area contributed by atoms with E-state index >= 15 is 0 Å². The fourth-order valence-electron chi connectivity index (χ4n) is 3.73. The van der Waals surface area contributed by atoms with E-state index in [1.807, 2.05) is 49.4 Å². The molecule has 0 saturated heterocycles. The summed E-state index contributed by atoms with van der Waals surface area (Å²) in [5.41, 5.74) is 4.73. The fourth-order valence-corrected chi connectivity index (χ4v) is 3.73. The molecule has 34 heavy (non-hydrogen) atoms. The number of benzene rings is 3. The Morgan fingerprint density at radius 2 is 1.62 bits per heavy atom. The number of aromatic nitrogens is 1. The molecule has 4 rings (SSSR count). The van der Waals surface area contributed by atoms with Crippen LogP contribution in [0.25, 0.3) is 22.2 Å². The van der Waals surface area contributed by atoms with Gasteiger partial charge in [0, 0.05) is 29.2 Å². The van der Waals surface area contributed by atoms with E-state index in [9.17, 15) is 9.59 Å². The first-order valence-electron chi connectivity index (χ1n) is 10.7. The first-order chi connectivity index (χ1) is 16.4. The van der Waals surface area contributed by atoms with Gasteiger partial charge in [0.1, 0.15) is 0 Å². The summed E-state index contributed by atoms with van der Waals surface area (Å²) in [7, 11) is 3.15. The number of anilines is 2. The first-order valence-corrected chi connectivity index (χ1v) is 10.7. The zero-order valence-corrected chi connectivity index (χ0v) is 19.4. The van der Waals surface area contributed by atoms with E-state index in [1.54, 1.807) is 38.5 Å². The molecule has 7 nitrogen and oxygen atoms in total. The lowest BCUT2D eigenvalue weighted by atomic mass is 10.0. The van der Waals surface area contributed by atoms with E-state index in [4.69, 9.17) is 14.5 Å². The Labute approximate surface area is 197 Å². The largest absolute Gasteiger partial charge is 0.493 e. The lowest BCUT2D eigenvalue weighted by Gasteiger charge is -2.13. The highest BCUT2D eigenvalue weighted by Crippen LogP contribution is 2.33. The van der Waals surface area contributed by atoms with Crippen LogP contribution in [-0.2, 0) is 4.79 Å². The van der Waals surface area contributed by atoms with Gasteiger partial charge in [0.2, 0.25) is 5.91 Å². The average molecular weight is 456 g/mol. The Hall–Kier alpha value is -4.39. The van der Waals surface area contributed by atoms with Crippen LogP contribution in [0.3, 0.4) is 0 Å². The number of nitrogens with one attached hydrogen (secondary N) is 2. The SMILES string of the molecule is COc1ccc(-c2cc(C(=O)Nc3ccc(C)c(NC(C)=O)c3)c3ccccc3n2)cc1OC. The van der Waals surface area contributed by atoms with Crippen molar-refractivity contribution >= 4 is 34.1 Å². The lowest BCUT2D eigenvalue weighted by Crippen LogP contribution is -2.14. The Balaban J connectivity index is 1.75. The van der Waals surface area contributed by atoms with Gasteiger partial charge in [-0.2, -0.15) is 0 Å². The second-order valence-electron chi connectivity index (χ2n) is 7.81. The van der Waals surface area contributed by atoms with E-state index in [1.165, 1.54) is 6.92 Å². The van der Waals surface area contributed by atoms with Gasteiger partial charge >= 0.3 is 0 Å². The van der Waals surface area contributed by atoms with Gasteiger partial charge in [0.05, 0.1) is 31.0 Å². The van der Waals surface area contributed by atoms with Gasteiger partial charge in [-0.05, 0) is 55.0 Å². The highest BCUT2D eigenvalue weighted by molar-refractivity contribution is 6.13. The number of ether oxygens (including phenoxy) is 2. The Morgan fingerprint density at radius 1 is 0.853 bits per heavy atom. The molecule has 1 aromatic heterocycles. The summed E-state index contributed by atoms with van der Waals surface area (Å²) in [5, 5.41) is 6.47. The van der Waals surface area contributed by atoms with Crippen molar-refractivity contribution in [3.05, 3.63) is 77.9 Å². The van der Waals surface area contributed by atoms with Crippen LogP contribution >= 0.6 is 0 Å². The molecule has 7 heteroatoms. The van der Waals surface area contributed by atoms with Gasteiger partial charge in [-0.1, -0.05) is 24.3 Å². The molecule has 2 N–H and O–H groups in total. The number of hydrogen-bond donors (Lipinski definition) is 2. The Kier molecular flexibility index (Phi) is 6.45. The Morgan fingerprint density at radius 3 is 2.35 bits per heavy atom. The molecule has 1 heterocycles. The molecule has 0 radical (unpaired) electrons. The number of methoxy groups -OCH3 is 2. The number of para-hydroxylation sites is 1. The second-order valence-corrected chi connectivity index (χ2v) is 7.81. The van der Waals surface area contributed by atoms with Gasteiger partial charge in [0.25, 0.3) is 5.91 Å². The maximum atomic E-state index is 13.4. The van der Waals surface area contributed by atoms with Crippen molar-refractivity contribution in [3.8, 4) is 22.8 Å². The molecule has 0 aliphatic carbocycles. The van der Waals surface area contributed by atoms with Crippen molar-refractivity contribution in [2.45, 2.75) is 13.8 Å². The normalized spacial score (nSPS) is 10.6. The van der Waals surface area contributed by atoms with Crippen molar-refractivity contribution in [2.24, 2.45) is 0 Å². The average Bonchev–Trinajstić information content (AvgIpc) is 2.84. The highest BCUT2D eigenvalue weighted by Gasteiger charge is 2.16. The molecule has 2 amide bonds. The van der Waals surface area contributed by atoms with Crippen LogP contribution in [0.2, 0.25) is 0 Å². The number of pyridine rings is 1. The third kappa shape index (κ3) is 4.68. The van der Waals surface area contributed by atoms with Gasteiger partial charge < -0.3 is 20.1 Å². The second kappa shape index (κ2) is 9.62. The molecular weight excluding hydrogens is 430 g/mol. The van der Waals surface area contributed by atoms with Gasteiger partial charge in [0.15, 0.2) is 11.5 Å². The van der Waals surface area contributed by atoms with Gasteiger partial charge in [-0.15, -0.1) is 0 Å². The number of amides is 2. The molecule has 0 bridgehead atoms. The molecule has 0 fully saturated rings. The van der Waals surface area contributed by atoms with E-state index < -0.39 is 0 Å². The summed E-state index contributed by atoms with van der Waals surface area (Å²) >= 11 is 0. The van der Waals surface area contributed by atoms with Crippen molar-refractivity contribution < 1.29 is 19.1 Å². The number of hydrogen-bond acceptors (Lipinski definition) is 5. The summed E-state index contributed by atoms with van der Waals surface area (Å²) in [6.45, 7) is 3.34. The van der Waals surface area contributed by atoms with Crippen molar-refractivity contribution in [2.75, 3.05) is 24.9 Å². The van der Waals surface area contributed by atoms with Crippen LogP contribution < -0.4 is 20.1 Å². The van der Waals surface area contributed by atoms with Crippen LogP contribution in [0.5, 0.6) is 11.5 Å². The summed E-state index contributed by atoms with van der Waals surface area (Å²) in [4.78, 5) is 29.6. The highest BCUT2D eigenvalue weighted by atomic mass is 16.5. The quantitative estimate of drug-likeness (QED) is 0.404. The smallest absolute Gasteiger partial charge is 0.256 e. The first kappa shape index (κ1) is 22.8. The van der Waals surface area contributed by atoms with E-state index in [-0.39, 0.29) is 11.8 Å². The number of carbonyl (C=O) groups is 2. The molecule has 0 aliphatic heterocycles. The number of carbonyl (C=O) groups excluding carboxylic acids is 2. The monoisotopic (exact) mass is 455 g/mol. The van der Waals surface area contributed by atoms with Crippen molar-refractivity contribution in [1.29, 1.82) is 0 Å². The van der Waals surface area contributed by atoms with Crippen molar-refractivity contribution in [1.82, 2.24) is 4.98 Å². The fraction of sp³-hybridized carbons (Fsp3) is 0.148. The standard InChI is InChI=1S/C27H25N3O4/c1-16-9-11-19(14-23(16)28-17(2)31)29-27(32)21-15-24(30-22-8-6-5-7-20(21)22)18-10-12-25(33-3)26(13-18)34-4/h5-15H,1-4H3,(H,28,31)(H,29,32). The molecule has 3 aromatic carbocycles. The summed E-state index contributed by atoms with van der Waals surface area (Å²) < 4.78 is 10.8. The topological polar surface area (TPSA) is 89.6 Å². The van der Waals surface area contributed by atoms with Crippen molar-refractivity contribution in [3.63, 3.8) is 0 Å². The van der Waals surface area contributed by atoms with Crippen LogP contribution in [0.1, 0.15) is 22.8 Å². The molecule has 0 atom stereocenters. The molecule has 0 aliphatic rings. The van der Waals surface area contributed by atoms with E-state index in [0.29, 0.717) is 39.6 Å². The number of rotatable bonds is 6. The third-order valence-electron chi connectivity index (χ3n) is 5.45. The number of aryl methyl sites for hydroxylation is 1. The van der Waals surface area contributed by atoms with Crippen LogP contribution in [-0.4, -0.2) is 31.0 Å². The summed E-state index contributed by atoms with van der Waals surface area (Å²) in [6, 6.07) is 20.2. The maximum Gasteiger partial charge on any atom is 0.256 e.